The Hall–Kier alpha value is 0.440. The lowest BCUT2D eigenvalue weighted by molar-refractivity contribution is 0.0113. The zero-order valence-electron chi connectivity index (χ0n) is 13.3. The van der Waals surface area contributed by atoms with Gasteiger partial charge in [0.2, 0.25) is 0 Å². The summed E-state index contributed by atoms with van der Waals surface area (Å²) in [6.45, 7) is 3.16. The summed E-state index contributed by atoms with van der Waals surface area (Å²) in [5.41, 5.74) is 6.23. The van der Waals surface area contributed by atoms with E-state index < -0.39 is 0 Å². The monoisotopic (exact) mass is 348 g/mol. The maximum absolute atomic E-state index is 6.22. The lowest BCUT2D eigenvalue weighted by atomic mass is 9.85. The summed E-state index contributed by atoms with van der Waals surface area (Å²) in [6.07, 6.45) is 6.26. The number of nitrogens with two attached hydrogens (primary N) is 1. The Morgan fingerprint density at radius 3 is 2.73 bits per heavy atom. The molecule has 3 rings (SSSR count). The van der Waals surface area contributed by atoms with Gasteiger partial charge in [0, 0.05) is 23.7 Å². The zero-order valence-corrected chi connectivity index (χ0v) is 14.8. The lowest BCUT2D eigenvalue weighted by Gasteiger charge is -2.34. The van der Waals surface area contributed by atoms with Gasteiger partial charge in [0.15, 0.2) is 0 Å². The van der Waals surface area contributed by atoms with Crippen molar-refractivity contribution in [1.29, 1.82) is 0 Å². The summed E-state index contributed by atoms with van der Waals surface area (Å²) in [6, 6.07) is 0.463. The Balaban J connectivity index is 1.38. The van der Waals surface area contributed by atoms with Gasteiger partial charge >= 0.3 is 0 Å². The van der Waals surface area contributed by atoms with E-state index in [1.807, 2.05) is 11.8 Å². The van der Waals surface area contributed by atoms with E-state index in [4.69, 9.17) is 22.1 Å². The molecule has 5 atom stereocenters. The minimum Gasteiger partial charge on any atom is -0.358 e. The second-order valence-corrected chi connectivity index (χ2v) is 8.63. The van der Waals surface area contributed by atoms with Crippen molar-refractivity contribution < 1.29 is 4.74 Å². The molecule has 0 aromatic rings. The van der Waals surface area contributed by atoms with Crippen LogP contribution < -0.4 is 21.7 Å². The van der Waals surface area contributed by atoms with Crippen LogP contribution in [0, 0.1) is 5.92 Å². The van der Waals surface area contributed by atoms with Gasteiger partial charge in [-0.05, 0) is 44.9 Å². The van der Waals surface area contributed by atoms with E-state index in [0.29, 0.717) is 23.4 Å². The molecule has 1 saturated carbocycles. The zero-order chi connectivity index (χ0) is 15.5. The van der Waals surface area contributed by atoms with Crippen molar-refractivity contribution in [3.8, 4) is 0 Å². The summed E-state index contributed by atoms with van der Waals surface area (Å²) in [5.74, 6) is 1.61. The smallest absolute Gasteiger partial charge is 0.117 e. The number of ether oxygens (including phenoxy) is 1. The van der Waals surface area contributed by atoms with Gasteiger partial charge in [-0.2, -0.15) is 0 Å². The van der Waals surface area contributed by atoms with Gasteiger partial charge < -0.3 is 10.5 Å². The molecular weight excluding hydrogens is 320 g/mol. The minimum absolute atomic E-state index is 0.0877. The van der Waals surface area contributed by atoms with Gasteiger partial charge in [0.05, 0.1) is 12.3 Å². The van der Waals surface area contributed by atoms with Crippen LogP contribution >= 0.6 is 23.4 Å². The Morgan fingerprint density at radius 1 is 1.23 bits per heavy atom. The molecule has 0 spiro atoms. The Morgan fingerprint density at radius 2 is 2.00 bits per heavy atom. The molecule has 7 heteroatoms. The number of thioether (sulfide) groups is 1. The van der Waals surface area contributed by atoms with Crippen LogP contribution in [0.2, 0.25) is 0 Å². The SMILES string of the molecule is CC1CC(N)NC(SCC2NCC(C3CCC(Cl)CC3)O2)N1. The Kier molecular flexibility index (Phi) is 6.29. The van der Waals surface area contributed by atoms with Gasteiger partial charge in [-0.3, -0.25) is 16.0 Å². The number of hydrogen-bond donors (Lipinski definition) is 4. The number of rotatable bonds is 4. The summed E-state index contributed by atoms with van der Waals surface area (Å²) in [7, 11) is 0. The van der Waals surface area contributed by atoms with Crippen molar-refractivity contribution in [2.75, 3.05) is 12.3 Å². The average molecular weight is 349 g/mol. The maximum atomic E-state index is 6.22. The molecule has 0 bridgehead atoms. The van der Waals surface area contributed by atoms with E-state index in [2.05, 4.69) is 22.9 Å². The van der Waals surface area contributed by atoms with E-state index in [1.165, 1.54) is 12.8 Å². The van der Waals surface area contributed by atoms with Gasteiger partial charge in [-0.1, -0.05) is 0 Å². The molecule has 5 unspecified atom stereocenters. The fraction of sp³-hybridized carbons (Fsp3) is 1.00. The van der Waals surface area contributed by atoms with E-state index in [-0.39, 0.29) is 17.9 Å². The number of nitrogens with one attached hydrogen (secondary N) is 3. The van der Waals surface area contributed by atoms with Crippen molar-refractivity contribution in [2.45, 2.75) is 74.4 Å². The number of hydrogen-bond acceptors (Lipinski definition) is 6. The van der Waals surface area contributed by atoms with Crippen LogP contribution in [0.1, 0.15) is 39.0 Å². The molecule has 5 N–H and O–H groups in total. The molecule has 22 heavy (non-hydrogen) atoms. The highest BCUT2D eigenvalue weighted by molar-refractivity contribution is 7.99. The van der Waals surface area contributed by atoms with Crippen LogP contribution in [-0.2, 0) is 4.74 Å². The standard InChI is InChI=1S/C15H29ClN4OS/c1-9-6-13(17)20-15(19-9)22-8-14-18-7-12(21-14)10-2-4-11(16)5-3-10/h9-15,18-20H,2-8,17H2,1H3. The maximum Gasteiger partial charge on any atom is 0.117 e. The van der Waals surface area contributed by atoms with E-state index in [1.54, 1.807) is 0 Å². The van der Waals surface area contributed by atoms with Crippen LogP contribution in [-0.4, -0.2) is 47.7 Å². The van der Waals surface area contributed by atoms with Crippen molar-refractivity contribution >= 4 is 23.4 Å². The quantitative estimate of drug-likeness (QED) is 0.575. The highest BCUT2D eigenvalue weighted by Crippen LogP contribution is 2.32. The fourth-order valence-electron chi connectivity index (χ4n) is 3.68. The van der Waals surface area contributed by atoms with E-state index in [9.17, 15) is 0 Å². The van der Waals surface area contributed by atoms with Crippen molar-refractivity contribution in [3.05, 3.63) is 0 Å². The first kappa shape index (κ1) is 17.3. The third kappa shape index (κ3) is 4.72. The van der Waals surface area contributed by atoms with E-state index in [0.717, 1.165) is 31.6 Å². The summed E-state index contributed by atoms with van der Waals surface area (Å²) in [5, 5.41) is 10.8. The average Bonchev–Trinajstić information content (AvgIpc) is 2.94. The fourth-order valence-corrected chi connectivity index (χ4v) is 5.09. The molecule has 0 amide bonds. The highest BCUT2D eigenvalue weighted by atomic mass is 35.5. The van der Waals surface area contributed by atoms with Gasteiger partial charge in [-0.15, -0.1) is 23.4 Å². The molecule has 5 nitrogen and oxygen atoms in total. The van der Waals surface area contributed by atoms with Gasteiger partial charge in [-0.25, -0.2) is 0 Å². The normalized spacial score (nSPS) is 46.8. The Labute approximate surface area is 142 Å². The molecular formula is C15H29ClN4OS. The van der Waals surface area contributed by atoms with Crippen LogP contribution in [0.4, 0.5) is 0 Å². The molecule has 3 fully saturated rings. The highest BCUT2D eigenvalue weighted by Gasteiger charge is 2.34. The minimum atomic E-state index is 0.0877. The number of alkyl halides is 1. The van der Waals surface area contributed by atoms with Crippen molar-refractivity contribution in [1.82, 2.24) is 16.0 Å². The Bertz CT molecular complexity index is 346. The second-order valence-electron chi connectivity index (χ2n) is 6.87. The summed E-state index contributed by atoms with van der Waals surface area (Å²) in [4.78, 5) is 0. The number of halogens is 1. The summed E-state index contributed by atoms with van der Waals surface area (Å²) < 4.78 is 6.22. The predicted octanol–water partition coefficient (Wildman–Crippen LogP) is 1.37. The first-order valence-corrected chi connectivity index (χ1v) is 10.0. The first-order chi connectivity index (χ1) is 10.6. The molecule has 0 radical (unpaired) electrons. The summed E-state index contributed by atoms with van der Waals surface area (Å²) >= 11 is 8.03. The van der Waals surface area contributed by atoms with E-state index >= 15 is 0 Å². The van der Waals surface area contributed by atoms with Crippen molar-refractivity contribution in [2.24, 2.45) is 11.7 Å². The van der Waals surface area contributed by atoms with Crippen LogP contribution in [0.3, 0.4) is 0 Å². The van der Waals surface area contributed by atoms with Crippen LogP contribution in [0.15, 0.2) is 0 Å². The third-order valence-electron chi connectivity index (χ3n) is 4.94. The molecule has 128 valence electrons. The second kappa shape index (κ2) is 8.01. The third-order valence-corrected chi connectivity index (χ3v) is 6.47. The lowest BCUT2D eigenvalue weighted by Crippen LogP contribution is -2.59. The van der Waals surface area contributed by atoms with Crippen LogP contribution in [0.5, 0.6) is 0 Å². The largest absolute Gasteiger partial charge is 0.358 e. The topological polar surface area (TPSA) is 71.3 Å². The van der Waals surface area contributed by atoms with Gasteiger partial charge in [0.1, 0.15) is 11.7 Å². The molecule has 0 aromatic heterocycles. The van der Waals surface area contributed by atoms with Crippen molar-refractivity contribution in [3.63, 3.8) is 0 Å². The first-order valence-electron chi connectivity index (χ1n) is 8.52. The molecule has 2 saturated heterocycles. The molecule has 2 aliphatic heterocycles. The molecule has 0 aromatic carbocycles. The molecule has 2 heterocycles. The van der Waals surface area contributed by atoms with Crippen LogP contribution in [0.25, 0.3) is 0 Å². The van der Waals surface area contributed by atoms with Gasteiger partial charge in [0.25, 0.3) is 0 Å². The molecule has 3 aliphatic rings. The predicted molar refractivity (Wildman–Crippen MR) is 92.8 cm³/mol. The molecule has 1 aliphatic carbocycles.